The average molecular weight is 438 g/mol. The molecule has 0 spiro atoms. The zero-order valence-corrected chi connectivity index (χ0v) is 18.1. The fourth-order valence-corrected chi connectivity index (χ4v) is 4.43. The summed E-state index contributed by atoms with van der Waals surface area (Å²) in [6.07, 6.45) is 9.68. The first-order valence-electron chi connectivity index (χ1n) is 11.3. The molecule has 0 saturated carbocycles. The van der Waals surface area contributed by atoms with E-state index in [4.69, 9.17) is 5.73 Å². The van der Waals surface area contributed by atoms with E-state index in [1.54, 1.807) is 30.4 Å². The molecule has 168 valence electrons. The van der Waals surface area contributed by atoms with Crippen molar-refractivity contribution >= 4 is 24.7 Å². The number of hydrogen-bond donors (Lipinski definition) is 2. The van der Waals surface area contributed by atoms with Crippen LogP contribution < -0.4 is 11.1 Å². The van der Waals surface area contributed by atoms with E-state index in [0.717, 1.165) is 40.2 Å². The molecule has 1 aromatic heterocycles. The van der Waals surface area contributed by atoms with Gasteiger partial charge in [0.05, 0.1) is 0 Å². The maximum atomic E-state index is 15.8. The van der Waals surface area contributed by atoms with Gasteiger partial charge in [0.2, 0.25) is 5.91 Å². The quantitative estimate of drug-likeness (QED) is 0.439. The van der Waals surface area contributed by atoms with Gasteiger partial charge >= 0.3 is 6.97 Å². The summed E-state index contributed by atoms with van der Waals surface area (Å²) in [5, 5.41) is 2.89. The van der Waals surface area contributed by atoms with Crippen molar-refractivity contribution in [3.05, 3.63) is 77.3 Å². The Labute approximate surface area is 187 Å². The molecule has 0 aliphatic carbocycles. The Hall–Kier alpha value is -3.00. The van der Waals surface area contributed by atoms with Gasteiger partial charge in [0.15, 0.2) is 11.4 Å². The van der Waals surface area contributed by atoms with Crippen molar-refractivity contribution in [3.63, 3.8) is 0 Å². The molecule has 4 rings (SSSR count). The minimum absolute atomic E-state index is 0.110. The fraction of sp³-hybridized carbons (Fsp3) is 0.333. The number of unbranched alkanes of at least 4 members (excludes halogenated alkanes) is 3. The van der Waals surface area contributed by atoms with E-state index in [-0.39, 0.29) is 18.7 Å². The van der Waals surface area contributed by atoms with E-state index < -0.39 is 6.97 Å². The van der Waals surface area contributed by atoms with Crippen LogP contribution in [-0.2, 0) is 11.2 Å². The van der Waals surface area contributed by atoms with Crippen LogP contribution in [0.2, 0.25) is 0 Å². The van der Waals surface area contributed by atoms with Gasteiger partial charge in [-0.05, 0) is 55.8 Å². The first-order chi connectivity index (χ1) is 15.5. The lowest BCUT2D eigenvalue weighted by Crippen LogP contribution is -2.51. The van der Waals surface area contributed by atoms with Gasteiger partial charge in [-0.3, -0.25) is 4.79 Å². The molecule has 2 aliphatic heterocycles. The van der Waals surface area contributed by atoms with Gasteiger partial charge in [0.1, 0.15) is 0 Å². The minimum Gasteiger partial charge on any atom is -0.394 e. The Morgan fingerprint density at radius 2 is 1.81 bits per heavy atom. The van der Waals surface area contributed by atoms with E-state index >= 15 is 8.63 Å². The van der Waals surface area contributed by atoms with Gasteiger partial charge in [-0.2, -0.15) is 0 Å². The van der Waals surface area contributed by atoms with Crippen molar-refractivity contribution in [3.8, 4) is 0 Å². The summed E-state index contributed by atoms with van der Waals surface area (Å²) in [4.78, 5) is 12.2. The molecule has 3 N–H and O–H groups in total. The number of allylic oxidation sites excluding steroid dienone is 2. The van der Waals surface area contributed by atoms with Crippen LogP contribution in [0.3, 0.4) is 0 Å². The molecule has 32 heavy (non-hydrogen) atoms. The van der Waals surface area contributed by atoms with E-state index in [0.29, 0.717) is 35.9 Å². The van der Waals surface area contributed by atoms with Crippen molar-refractivity contribution in [1.82, 2.24) is 9.79 Å². The predicted octanol–water partition coefficient (Wildman–Crippen LogP) is 3.70. The number of nitrogens with two attached hydrogens (primary N) is 1. The summed E-state index contributed by atoms with van der Waals surface area (Å²) in [7, 11) is 0. The third kappa shape index (κ3) is 4.46. The van der Waals surface area contributed by atoms with Crippen molar-refractivity contribution in [2.75, 3.05) is 13.1 Å². The lowest BCUT2D eigenvalue weighted by Gasteiger charge is -2.30. The van der Waals surface area contributed by atoms with Gasteiger partial charge in [0.25, 0.3) is 0 Å². The molecule has 0 atom stereocenters. The molecule has 1 amide bonds. The molecule has 0 fully saturated rings. The Balaban J connectivity index is 1.46. The number of aryl methyl sites for hydroxylation is 1. The number of benzene rings is 1. The normalized spacial score (nSPS) is 16.0. The van der Waals surface area contributed by atoms with Crippen LogP contribution in [0.1, 0.15) is 49.1 Å². The number of nitrogens with one attached hydrogen (secondary N) is 1. The molecule has 2 aromatic rings. The third-order valence-corrected chi connectivity index (χ3v) is 6.03. The van der Waals surface area contributed by atoms with Gasteiger partial charge in [-0.25, -0.2) is 0 Å². The van der Waals surface area contributed by atoms with Crippen LogP contribution in [0.5, 0.6) is 0 Å². The van der Waals surface area contributed by atoms with E-state index in [1.165, 1.54) is 0 Å². The SMILES string of the molecule is NCCCCCCNC(=O)CCc1ccc2n1[B-](F)(F)[N+]1=C(c3ccccc3)C=CC1=C2. The molecule has 0 saturated heterocycles. The summed E-state index contributed by atoms with van der Waals surface area (Å²) in [5.74, 6) is -0.110. The highest BCUT2D eigenvalue weighted by Crippen LogP contribution is 2.33. The lowest BCUT2D eigenvalue weighted by molar-refractivity contribution is -0.360. The Kier molecular flexibility index (Phi) is 6.70. The molecular formula is C24H29BF2N4O. The molecule has 2 aliphatic rings. The summed E-state index contributed by atoms with van der Waals surface area (Å²) < 4.78 is 33.8. The smallest absolute Gasteiger partial charge is 0.394 e. The second-order valence-corrected chi connectivity index (χ2v) is 8.28. The van der Waals surface area contributed by atoms with Gasteiger partial charge in [-0.1, -0.05) is 31.0 Å². The zero-order valence-electron chi connectivity index (χ0n) is 18.1. The number of amides is 1. The second-order valence-electron chi connectivity index (χ2n) is 8.28. The molecule has 0 radical (unpaired) electrons. The van der Waals surface area contributed by atoms with E-state index in [2.05, 4.69) is 5.32 Å². The average Bonchev–Trinajstić information content (AvgIpc) is 3.41. The number of rotatable bonds is 10. The van der Waals surface area contributed by atoms with Crippen LogP contribution in [0.25, 0.3) is 6.08 Å². The number of fused-ring (bicyclic) bond motifs is 2. The monoisotopic (exact) mass is 438 g/mol. The third-order valence-electron chi connectivity index (χ3n) is 6.03. The molecule has 1 aromatic carbocycles. The second kappa shape index (κ2) is 9.65. The van der Waals surface area contributed by atoms with Crippen LogP contribution in [0.4, 0.5) is 8.63 Å². The number of aromatic nitrogens is 1. The number of hydrogen-bond acceptors (Lipinski definition) is 2. The minimum atomic E-state index is -4.07. The molecule has 5 nitrogen and oxygen atoms in total. The molecular weight excluding hydrogens is 409 g/mol. The summed E-state index contributed by atoms with van der Waals surface area (Å²) >= 11 is 0. The number of halogens is 2. The van der Waals surface area contributed by atoms with Crippen LogP contribution in [0.15, 0.2) is 60.3 Å². The largest absolute Gasteiger partial charge is 0.737 e. The predicted molar refractivity (Wildman–Crippen MR) is 125 cm³/mol. The van der Waals surface area contributed by atoms with Crippen LogP contribution in [-0.4, -0.2) is 40.6 Å². The highest BCUT2D eigenvalue weighted by Gasteiger charge is 2.52. The maximum Gasteiger partial charge on any atom is 0.737 e. The molecule has 0 unspecified atom stereocenters. The van der Waals surface area contributed by atoms with Crippen molar-refractivity contribution in [2.45, 2.75) is 38.5 Å². The Bertz CT molecular complexity index is 1070. The summed E-state index contributed by atoms with van der Waals surface area (Å²) in [5.41, 5.74) is 8.13. The van der Waals surface area contributed by atoms with Crippen LogP contribution in [0, 0.1) is 0 Å². The van der Waals surface area contributed by atoms with Crippen molar-refractivity contribution in [2.24, 2.45) is 5.73 Å². The zero-order chi connectivity index (χ0) is 22.6. The Morgan fingerprint density at radius 3 is 2.59 bits per heavy atom. The highest BCUT2D eigenvalue weighted by atomic mass is 19.2. The fourth-order valence-electron chi connectivity index (χ4n) is 4.43. The molecule has 8 heteroatoms. The summed E-state index contributed by atoms with van der Waals surface area (Å²) in [6.45, 7) is -2.78. The number of nitrogens with zero attached hydrogens (tertiary/aromatic N) is 2. The van der Waals surface area contributed by atoms with Crippen molar-refractivity contribution in [1.29, 1.82) is 0 Å². The van der Waals surface area contributed by atoms with Gasteiger partial charge in [0, 0.05) is 42.5 Å². The molecule has 0 bridgehead atoms. The van der Waals surface area contributed by atoms with E-state index in [1.807, 2.05) is 30.3 Å². The first-order valence-corrected chi connectivity index (χ1v) is 11.3. The van der Waals surface area contributed by atoms with Gasteiger partial charge in [-0.15, -0.1) is 0 Å². The lowest BCUT2D eigenvalue weighted by atomic mass is 9.89. The molecule has 3 heterocycles. The standard InChI is InChI=1S/C24H29BF2N4O/c26-25(27)30-20(13-15-24(32)29-17-7-2-1-6-16-28)10-11-21(30)18-22-12-14-23(31(22)25)19-8-4-3-5-9-19/h3-5,8-12,14,18H,1-2,6-7,13,15-17,28H2,(H,29,32). The number of carbonyl (C=O) groups excluding carboxylic acids is 1. The van der Waals surface area contributed by atoms with Gasteiger partial charge < -0.3 is 28.6 Å². The highest BCUT2D eigenvalue weighted by molar-refractivity contribution is 6.58. The Morgan fingerprint density at radius 1 is 1.03 bits per heavy atom. The van der Waals surface area contributed by atoms with E-state index in [9.17, 15) is 4.79 Å². The van der Waals surface area contributed by atoms with Crippen LogP contribution >= 0.6 is 0 Å². The topological polar surface area (TPSA) is 63.1 Å². The van der Waals surface area contributed by atoms with Crippen molar-refractivity contribution < 1.29 is 17.9 Å². The maximum absolute atomic E-state index is 15.8. The first kappa shape index (κ1) is 22.2. The summed E-state index contributed by atoms with van der Waals surface area (Å²) in [6, 6.07) is 12.6. The number of carbonyl (C=O) groups is 1.